The molecule has 1 aliphatic rings. The largest absolute Gasteiger partial charge is 0.387 e. The number of halogens is 2. The molecule has 25 heavy (non-hydrogen) atoms. The van der Waals surface area contributed by atoms with Crippen molar-refractivity contribution in [3.63, 3.8) is 0 Å². The van der Waals surface area contributed by atoms with Gasteiger partial charge in [-0.2, -0.15) is 4.31 Å². The van der Waals surface area contributed by atoms with Crippen LogP contribution in [0.3, 0.4) is 0 Å². The fourth-order valence-corrected chi connectivity index (χ4v) is 6.39. The highest BCUT2D eigenvalue weighted by Gasteiger charge is 2.30. The van der Waals surface area contributed by atoms with Crippen LogP contribution < -0.4 is 0 Å². The first-order valence-electron chi connectivity index (χ1n) is 7.78. The Labute approximate surface area is 158 Å². The minimum absolute atomic E-state index is 0.265. The van der Waals surface area contributed by atoms with Crippen LogP contribution in [0.4, 0.5) is 4.39 Å². The molecule has 1 aromatic heterocycles. The molecule has 0 spiro atoms. The maximum absolute atomic E-state index is 13.7. The second-order valence-corrected chi connectivity index (χ2v) is 10.4. The normalized spacial score (nSPS) is 18.4. The molecule has 1 atom stereocenters. The molecular weight excluding hydrogens is 431 g/mol. The zero-order valence-electron chi connectivity index (χ0n) is 13.3. The first-order chi connectivity index (χ1) is 11.9. The highest BCUT2D eigenvalue weighted by Crippen LogP contribution is 2.29. The SMILES string of the molecule is O=S(=O)(c1ccc(Br)s1)N1CCN(CC(O)c2ccccc2F)CC1. The summed E-state index contributed by atoms with van der Waals surface area (Å²) in [5.74, 6) is -0.431. The van der Waals surface area contributed by atoms with E-state index < -0.39 is 21.9 Å². The first-order valence-corrected chi connectivity index (χ1v) is 10.8. The average Bonchev–Trinajstić information content (AvgIpc) is 3.03. The summed E-state index contributed by atoms with van der Waals surface area (Å²) in [7, 11) is -3.48. The Hall–Kier alpha value is -0.840. The van der Waals surface area contributed by atoms with Gasteiger partial charge in [0.2, 0.25) is 0 Å². The maximum Gasteiger partial charge on any atom is 0.252 e. The topological polar surface area (TPSA) is 60.9 Å². The Morgan fingerprint density at radius 1 is 1.16 bits per heavy atom. The number of hydrogen-bond donors (Lipinski definition) is 1. The van der Waals surface area contributed by atoms with Gasteiger partial charge in [0.25, 0.3) is 10.0 Å². The minimum atomic E-state index is -3.48. The summed E-state index contributed by atoms with van der Waals surface area (Å²) in [5, 5.41) is 10.2. The first kappa shape index (κ1) is 18.9. The molecule has 0 bridgehead atoms. The molecule has 1 saturated heterocycles. The third-order valence-electron chi connectivity index (χ3n) is 4.17. The van der Waals surface area contributed by atoms with Crippen molar-refractivity contribution in [2.24, 2.45) is 0 Å². The van der Waals surface area contributed by atoms with Gasteiger partial charge in [-0.15, -0.1) is 11.3 Å². The van der Waals surface area contributed by atoms with Gasteiger partial charge in [-0.1, -0.05) is 18.2 Å². The lowest BCUT2D eigenvalue weighted by Gasteiger charge is -2.34. The third kappa shape index (κ3) is 4.29. The van der Waals surface area contributed by atoms with Crippen LogP contribution in [0.2, 0.25) is 0 Å². The van der Waals surface area contributed by atoms with Crippen molar-refractivity contribution >= 4 is 37.3 Å². The lowest BCUT2D eigenvalue weighted by molar-refractivity contribution is 0.0899. The van der Waals surface area contributed by atoms with Crippen LogP contribution in [0.25, 0.3) is 0 Å². The van der Waals surface area contributed by atoms with Crippen LogP contribution in [0.1, 0.15) is 11.7 Å². The molecule has 136 valence electrons. The smallest absolute Gasteiger partial charge is 0.252 e. The van der Waals surface area contributed by atoms with E-state index in [1.165, 1.54) is 21.7 Å². The van der Waals surface area contributed by atoms with Crippen LogP contribution in [0, 0.1) is 5.82 Å². The standard InChI is InChI=1S/C16H18BrFN2O3S2/c17-15-5-6-16(24-15)25(22,23)20-9-7-19(8-10-20)11-14(21)12-3-1-2-4-13(12)18/h1-6,14,21H,7-11H2. The average molecular weight is 449 g/mol. The van der Waals surface area contributed by atoms with E-state index in [2.05, 4.69) is 15.9 Å². The van der Waals surface area contributed by atoms with Crippen LogP contribution >= 0.6 is 27.3 Å². The van der Waals surface area contributed by atoms with Crippen molar-refractivity contribution in [2.75, 3.05) is 32.7 Å². The molecular formula is C16H18BrFN2O3S2. The Bertz CT molecular complexity index is 835. The highest BCUT2D eigenvalue weighted by molar-refractivity contribution is 9.11. The Balaban J connectivity index is 1.60. The molecule has 1 fully saturated rings. The molecule has 1 N–H and O–H groups in total. The Morgan fingerprint density at radius 2 is 1.84 bits per heavy atom. The summed E-state index contributed by atoms with van der Waals surface area (Å²) in [6.45, 7) is 1.97. The fourth-order valence-electron chi connectivity index (χ4n) is 2.80. The second kappa shape index (κ2) is 7.81. The number of nitrogens with zero attached hydrogens (tertiary/aromatic N) is 2. The van der Waals surface area contributed by atoms with Crippen LogP contribution in [0.5, 0.6) is 0 Å². The zero-order valence-corrected chi connectivity index (χ0v) is 16.5. The van der Waals surface area contributed by atoms with Crippen LogP contribution in [0.15, 0.2) is 44.4 Å². The lowest BCUT2D eigenvalue weighted by atomic mass is 10.1. The number of sulfonamides is 1. The van der Waals surface area contributed by atoms with Gasteiger partial charge >= 0.3 is 0 Å². The van der Waals surface area contributed by atoms with Gasteiger partial charge < -0.3 is 5.11 Å². The van der Waals surface area contributed by atoms with Crippen LogP contribution in [-0.2, 0) is 10.0 Å². The van der Waals surface area contributed by atoms with Gasteiger partial charge in [0.05, 0.1) is 9.89 Å². The minimum Gasteiger partial charge on any atom is -0.387 e. The Kier molecular flexibility index (Phi) is 5.92. The number of β-amino-alcohol motifs (C(OH)–C–C–N with tert-alkyl or cyclic N) is 1. The maximum atomic E-state index is 13.7. The molecule has 0 amide bonds. The molecule has 0 radical (unpaired) electrons. The predicted octanol–water partition coefficient (Wildman–Crippen LogP) is 2.69. The molecule has 2 heterocycles. The predicted molar refractivity (Wildman–Crippen MR) is 98.6 cm³/mol. The van der Waals surface area contributed by atoms with Crippen molar-refractivity contribution in [3.05, 3.63) is 51.6 Å². The number of aliphatic hydroxyl groups excluding tert-OH is 1. The summed E-state index contributed by atoms with van der Waals surface area (Å²) in [6.07, 6.45) is -0.933. The Morgan fingerprint density at radius 3 is 2.44 bits per heavy atom. The van der Waals surface area contributed by atoms with E-state index in [1.807, 2.05) is 4.90 Å². The number of thiophene rings is 1. The van der Waals surface area contributed by atoms with Gasteiger partial charge in [-0.25, -0.2) is 12.8 Å². The van der Waals surface area contributed by atoms with E-state index in [4.69, 9.17) is 0 Å². The molecule has 9 heteroatoms. The van der Waals surface area contributed by atoms with Crippen molar-refractivity contribution in [2.45, 2.75) is 10.3 Å². The van der Waals surface area contributed by atoms with E-state index in [9.17, 15) is 17.9 Å². The van der Waals surface area contributed by atoms with Crippen molar-refractivity contribution < 1.29 is 17.9 Å². The third-order valence-corrected chi connectivity index (χ3v) is 8.16. The number of rotatable bonds is 5. The van der Waals surface area contributed by atoms with Crippen molar-refractivity contribution in [1.82, 2.24) is 9.21 Å². The van der Waals surface area contributed by atoms with E-state index in [-0.39, 0.29) is 12.1 Å². The number of aliphatic hydroxyl groups is 1. The molecule has 3 rings (SSSR count). The molecule has 1 aliphatic heterocycles. The highest BCUT2D eigenvalue weighted by atomic mass is 79.9. The van der Waals surface area contributed by atoms with Gasteiger partial charge in [-0.3, -0.25) is 4.90 Å². The van der Waals surface area contributed by atoms with Gasteiger partial charge in [0, 0.05) is 38.3 Å². The molecule has 2 aromatic rings. The lowest BCUT2D eigenvalue weighted by Crippen LogP contribution is -2.49. The molecule has 0 aliphatic carbocycles. The quantitative estimate of drug-likeness (QED) is 0.763. The summed E-state index contributed by atoms with van der Waals surface area (Å²) < 4.78 is 41.5. The van der Waals surface area contributed by atoms with E-state index in [0.29, 0.717) is 30.4 Å². The summed E-state index contributed by atoms with van der Waals surface area (Å²) in [5.41, 5.74) is 0.265. The summed E-state index contributed by atoms with van der Waals surface area (Å²) in [6, 6.07) is 9.47. The van der Waals surface area contributed by atoms with Gasteiger partial charge in [-0.05, 0) is 34.1 Å². The molecule has 1 aromatic carbocycles. The van der Waals surface area contributed by atoms with E-state index >= 15 is 0 Å². The number of benzene rings is 1. The molecule has 0 saturated carbocycles. The van der Waals surface area contributed by atoms with Gasteiger partial charge in [0.15, 0.2) is 0 Å². The number of piperazine rings is 1. The molecule has 1 unspecified atom stereocenters. The van der Waals surface area contributed by atoms with E-state index in [0.717, 1.165) is 3.79 Å². The van der Waals surface area contributed by atoms with Crippen LogP contribution in [-0.4, -0.2) is 55.5 Å². The van der Waals surface area contributed by atoms with Crippen molar-refractivity contribution in [1.29, 1.82) is 0 Å². The second-order valence-electron chi connectivity index (χ2n) is 5.80. The number of hydrogen-bond acceptors (Lipinski definition) is 5. The van der Waals surface area contributed by atoms with E-state index in [1.54, 1.807) is 30.3 Å². The molecule has 5 nitrogen and oxygen atoms in total. The zero-order chi connectivity index (χ0) is 18.0. The monoisotopic (exact) mass is 448 g/mol. The van der Waals surface area contributed by atoms with Gasteiger partial charge in [0.1, 0.15) is 10.0 Å². The fraction of sp³-hybridized carbons (Fsp3) is 0.375. The summed E-state index contributed by atoms with van der Waals surface area (Å²) in [4.78, 5) is 1.95. The van der Waals surface area contributed by atoms with Crippen molar-refractivity contribution in [3.8, 4) is 0 Å². The summed E-state index contributed by atoms with van der Waals surface area (Å²) >= 11 is 4.47.